The topological polar surface area (TPSA) is 101 Å². The van der Waals surface area contributed by atoms with Crippen molar-refractivity contribution < 1.29 is 24.3 Å². The highest BCUT2D eigenvalue weighted by Gasteiger charge is 2.24. The number of hydrogen-bond donors (Lipinski definition) is 2. The Morgan fingerprint density at radius 3 is 2.47 bits per heavy atom. The number of carboxylic acids is 1. The Kier molecular flexibility index (Phi) is 4.84. The minimum Gasteiger partial charge on any atom is -0.478 e. The number of aromatic carboxylic acids is 1. The van der Waals surface area contributed by atoms with Crippen molar-refractivity contribution >= 4 is 23.4 Å². The zero-order valence-electron chi connectivity index (χ0n) is 10.2. The third kappa shape index (κ3) is 3.65. The highest BCUT2D eigenvalue weighted by Crippen LogP contribution is 2.35. The molecule has 0 spiro atoms. The first kappa shape index (κ1) is 15.4. The molecule has 0 fully saturated rings. The van der Waals surface area contributed by atoms with Gasteiger partial charge in [-0.3, -0.25) is 10.1 Å². The zero-order chi connectivity index (χ0) is 14.7. The summed E-state index contributed by atoms with van der Waals surface area (Å²) in [5.41, 5.74) is -1.24. The minimum absolute atomic E-state index is 0.0131. The van der Waals surface area contributed by atoms with Crippen LogP contribution >= 0.6 is 11.8 Å². The Labute approximate surface area is 112 Å². The number of hydrogen-bond acceptors (Lipinski definition) is 5. The second-order valence-corrected chi connectivity index (χ2v) is 5.34. The SMILES string of the molecule is CC(O)C(C)Sc1cc(F)c(C(=O)O)cc1[N+](=O)[O-]. The molecule has 1 aromatic rings. The molecule has 0 bridgehead atoms. The van der Waals surface area contributed by atoms with Gasteiger partial charge in [0, 0.05) is 11.3 Å². The molecular formula is C11H12FNO5S. The Balaban J connectivity index is 3.27. The van der Waals surface area contributed by atoms with Crippen molar-refractivity contribution in [2.24, 2.45) is 0 Å². The molecule has 104 valence electrons. The molecule has 0 aromatic heterocycles. The van der Waals surface area contributed by atoms with Gasteiger partial charge in [0.2, 0.25) is 0 Å². The molecular weight excluding hydrogens is 277 g/mol. The summed E-state index contributed by atoms with van der Waals surface area (Å²) in [5.74, 6) is -2.61. The smallest absolute Gasteiger partial charge is 0.338 e. The molecule has 1 aromatic carbocycles. The maximum absolute atomic E-state index is 13.5. The first-order valence-electron chi connectivity index (χ1n) is 5.30. The fourth-order valence-corrected chi connectivity index (χ4v) is 2.27. The van der Waals surface area contributed by atoms with Gasteiger partial charge in [-0.15, -0.1) is 11.8 Å². The predicted octanol–water partition coefficient (Wildman–Crippen LogP) is 2.29. The van der Waals surface area contributed by atoms with Crippen LogP contribution in [0, 0.1) is 15.9 Å². The number of aliphatic hydroxyl groups is 1. The van der Waals surface area contributed by atoms with Crippen LogP contribution in [0.1, 0.15) is 24.2 Å². The van der Waals surface area contributed by atoms with Crippen LogP contribution in [0.3, 0.4) is 0 Å². The van der Waals surface area contributed by atoms with Crippen LogP contribution in [0.15, 0.2) is 17.0 Å². The summed E-state index contributed by atoms with van der Waals surface area (Å²) in [5, 5.41) is 28.5. The average Bonchev–Trinajstić information content (AvgIpc) is 2.27. The van der Waals surface area contributed by atoms with E-state index in [0.717, 1.165) is 17.8 Å². The van der Waals surface area contributed by atoms with Crippen LogP contribution in [0.2, 0.25) is 0 Å². The maximum atomic E-state index is 13.5. The van der Waals surface area contributed by atoms with Crippen LogP contribution in [0.25, 0.3) is 0 Å². The van der Waals surface area contributed by atoms with E-state index in [1.165, 1.54) is 6.92 Å². The number of benzene rings is 1. The highest BCUT2D eigenvalue weighted by atomic mass is 32.2. The van der Waals surface area contributed by atoms with Crippen molar-refractivity contribution in [3.8, 4) is 0 Å². The number of thioether (sulfide) groups is 1. The fraction of sp³-hybridized carbons (Fsp3) is 0.364. The van der Waals surface area contributed by atoms with E-state index >= 15 is 0 Å². The van der Waals surface area contributed by atoms with Gasteiger partial charge in [0.25, 0.3) is 5.69 Å². The molecule has 2 atom stereocenters. The first-order valence-corrected chi connectivity index (χ1v) is 6.18. The summed E-state index contributed by atoms with van der Waals surface area (Å²) < 4.78 is 13.5. The van der Waals surface area contributed by atoms with Crippen LogP contribution in [-0.2, 0) is 0 Å². The van der Waals surface area contributed by atoms with E-state index < -0.39 is 39.3 Å². The molecule has 0 radical (unpaired) electrons. The van der Waals surface area contributed by atoms with E-state index in [-0.39, 0.29) is 4.90 Å². The summed E-state index contributed by atoms with van der Waals surface area (Å²) >= 11 is 0.917. The number of rotatable bonds is 5. The van der Waals surface area contributed by atoms with Gasteiger partial charge in [0.1, 0.15) is 11.4 Å². The van der Waals surface area contributed by atoms with Crippen molar-refractivity contribution in [2.45, 2.75) is 30.1 Å². The summed E-state index contributed by atoms with van der Waals surface area (Å²) in [4.78, 5) is 20.8. The Morgan fingerprint density at radius 2 is 2.05 bits per heavy atom. The van der Waals surface area contributed by atoms with Crippen molar-refractivity contribution in [1.82, 2.24) is 0 Å². The van der Waals surface area contributed by atoms with E-state index in [4.69, 9.17) is 5.11 Å². The van der Waals surface area contributed by atoms with E-state index in [1.54, 1.807) is 6.92 Å². The number of nitro benzene ring substituents is 1. The molecule has 0 saturated carbocycles. The highest BCUT2D eigenvalue weighted by molar-refractivity contribution is 8.00. The van der Waals surface area contributed by atoms with E-state index in [9.17, 15) is 24.4 Å². The van der Waals surface area contributed by atoms with E-state index in [2.05, 4.69) is 0 Å². The lowest BCUT2D eigenvalue weighted by atomic mass is 10.2. The number of carbonyl (C=O) groups is 1. The molecule has 0 aliphatic rings. The minimum atomic E-state index is -1.57. The number of nitro groups is 1. The van der Waals surface area contributed by atoms with Gasteiger partial charge in [-0.05, 0) is 13.0 Å². The summed E-state index contributed by atoms with van der Waals surface area (Å²) in [6.07, 6.45) is -0.744. The predicted molar refractivity (Wildman–Crippen MR) is 67.0 cm³/mol. The Morgan fingerprint density at radius 1 is 1.47 bits per heavy atom. The molecule has 2 N–H and O–H groups in total. The van der Waals surface area contributed by atoms with Crippen LogP contribution in [0.5, 0.6) is 0 Å². The lowest BCUT2D eigenvalue weighted by Gasteiger charge is -2.14. The zero-order valence-corrected chi connectivity index (χ0v) is 11.0. The molecule has 0 amide bonds. The normalized spacial score (nSPS) is 13.9. The van der Waals surface area contributed by atoms with E-state index in [0.29, 0.717) is 6.07 Å². The van der Waals surface area contributed by atoms with Crippen molar-refractivity contribution in [3.05, 3.63) is 33.6 Å². The van der Waals surface area contributed by atoms with Gasteiger partial charge in [0.15, 0.2) is 0 Å². The molecule has 19 heavy (non-hydrogen) atoms. The lowest BCUT2D eigenvalue weighted by Crippen LogP contribution is -2.15. The number of nitrogens with zero attached hydrogens (tertiary/aromatic N) is 1. The van der Waals surface area contributed by atoms with Crippen LogP contribution in [0.4, 0.5) is 10.1 Å². The van der Waals surface area contributed by atoms with Gasteiger partial charge in [-0.25, -0.2) is 9.18 Å². The molecule has 6 nitrogen and oxygen atoms in total. The fourth-order valence-electron chi connectivity index (χ4n) is 1.24. The molecule has 2 unspecified atom stereocenters. The molecule has 1 rings (SSSR count). The number of carboxylic acid groups (broad SMARTS) is 1. The third-order valence-corrected chi connectivity index (χ3v) is 3.81. The van der Waals surface area contributed by atoms with Gasteiger partial charge < -0.3 is 10.2 Å². The Hall–Kier alpha value is -1.67. The number of aliphatic hydroxyl groups excluding tert-OH is 1. The molecule has 0 saturated heterocycles. The first-order chi connectivity index (χ1) is 8.73. The van der Waals surface area contributed by atoms with E-state index in [1.807, 2.05) is 0 Å². The quantitative estimate of drug-likeness (QED) is 0.490. The molecule has 0 heterocycles. The van der Waals surface area contributed by atoms with Gasteiger partial charge in [-0.2, -0.15) is 0 Å². The summed E-state index contributed by atoms with van der Waals surface area (Å²) in [6, 6.07) is 1.50. The number of halogens is 1. The third-order valence-electron chi connectivity index (χ3n) is 2.47. The molecule has 0 aliphatic carbocycles. The second-order valence-electron chi connectivity index (χ2n) is 3.93. The molecule has 0 aliphatic heterocycles. The maximum Gasteiger partial charge on any atom is 0.338 e. The van der Waals surface area contributed by atoms with Crippen LogP contribution in [-0.4, -0.2) is 32.5 Å². The van der Waals surface area contributed by atoms with Gasteiger partial charge >= 0.3 is 5.97 Å². The van der Waals surface area contributed by atoms with Gasteiger partial charge in [-0.1, -0.05) is 6.92 Å². The lowest BCUT2D eigenvalue weighted by molar-refractivity contribution is -0.387. The monoisotopic (exact) mass is 289 g/mol. The summed E-state index contributed by atoms with van der Waals surface area (Å²) in [7, 11) is 0. The average molecular weight is 289 g/mol. The van der Waals surface area contributed by atoms with Crippen molar-refractivity contribution in [3.63, 3.8) is 0 Å². The Bertz CT molecular complexity index is 520. The summed E-state index contributed by atoms with van der Waals surface area (Å²) in [6.45, 7) is 3.13. The largest absolute Gasteiger partial charge is 0.478 e. The van der Waals surface area contributed by atoms with Crippen LogP contribution < -0.4 is 0 Å². The standard InChI is InChI=1S/C11H12FNO5S/c1-5(14)6(2)19-10-4-8(12)7(11(15)16)3-9(10)13(17)18/h3-6,14H,1-2H3,(H,15,16). The second kappa shape index (κ2) is 5.98. The van der Waals surface area contributed by atoms with Gasteiger partial charge in [0.05, 0.1) is 15.9 Å². The van der Waals surface area contributed by atoms with Crippen molar-refractivity contribution in [1.29, 1.82) is 0 Å². The molecule has 8 heteroatoms. The van der Waals surface area contributed by atoms with Crippen molar-refractivity contribution in [2.75, 3.05) is 0 Å².